The molecule has 94 valence electrons. The van der Waals surface area contributed by atoms with Gasteiger partial charge < -0.3 is 14.2 Å². The van der Waals surface area contributed by atoms with Gasteiger partial charge in [0.05, 0.1) is 20.8 Å². The van der Waals surface area contributed by atoms with Crippen molar-refractivity contribution in [3.8, 4) is 17.2 Å². The number of nitrogen functional groups attached to an aromatic ring is 1. The Kier molecular flexibility index (Phi) is 4.59. The summed E-state index contributed by atoms with van der Waals surface area (Å²) in [4.78, 5) is 11.4. The third-order valence-corrected chi connectivity index (χ3v) is 2.14. The lowest BCUT2D eigenvalue weighted by atomic mass is 10.1. The highest BCUT2D eigenvalue weighted by molar-refractivity contribution is 5.95. The van der Waals surface area contributed by atoms with Gasteiger partial charge in [-0.1, -0.05) is 0 Å². The Hall–Kier alpha value is -1.95. The molecule has 0 aliphatic carbocycles. The Labute approximate surface area is 99.6 Å². The molecule has 6 nitrogen and oxygen atoms in total. The highest BCUT2D eigenvalue weighted by Gasteiger charge is 2.16. The van der Waals surface area contributed by atoms with Gasteiger partial charge in [0.25, 0.3) is 5.91 Å². The zero-order valence-electron chi connectivity index (χ0n) is 10.1. The molecule has 1 amide bonds. The summed E-state index contributed by atoms with van der Waals surface area (Å²) < 4.78 is 15.7. The zero-order chi connectivity index (χ0) is 12.8. The smallest absolute Gasteiger partial charge is 0.265 e. The first kappa shape index (κ1) is 13.1. The Morgan fingerprint density at radius 3 is 2.18 bits per heavy atom. The fourth-order valence-electron chi connectivity index (χ4n) is 1.38. The standard InChI is InChI=1S/C11H16N2O4/c1-4-17-10-8(15-2)5-7(11(14)13-12)6-9(10)16-3/h5-6H,4,12H2,1-3H3,(H,13,14). The van der Waals surface area contributed by atoms with Crippen LogP contribution in [-0.2, 0) is 0 Å². The molecular formula is C11H16N2O4. The molecule has 1 aromatic rings. The summed E-state index contributed by atoms with van der Waals surface area (Å²) in [6.07, 6.45) is 0. The number of hydrogen-bond donors (Lipinski definition) is 2. The van der Waals surface area contributed by atoms with Crippen LogP contribution in [0.15, 0.2) is 12.1 Å². The maximum Gasteiger partial charge on any atom is 0.265 e. The SMILES string of the molecule is CCOc1c(OC)cc(C(=O)NN)cc1OC. The molecule has 1 rings (SSSR count). The van der Waals surface area contributed by atoms with Crippen molar-refractivity contribution in [2.75, 3.05) is 20.8 Å². The van der Waals surface area contributed by atoms with Crippen molar-refractivity contribution >= 4 is 5.91 Å². The topological polar surface area (TPSA) is 82.8 Å². The van der Waals surface area contributed by atoms with Crippen LogP contribution < -0.4 is 25.5 Å². The van der Waals surface area contributed by atoms with Gasteiger partial charge >= 0.3 is 0 Å². The molecule has 0 aliphatic heterocycles. The van der Waals surface area contributed by atoms with E-state index in [1.54, 1.807) is 0 Å². The van der Waals surface area contributed by atoms with E-state index in [2.05, 4.69) is 0 Å². The van der Waals surface area contributed by atoms with Gasteiger partial charge in [-0.15, -0.1) is 0 Å². The van der Waals surface area contributed by atoms with Crippen molar-refractivity contribution in [1.82, 2.24) is 5.43 Å². The summed E-state index contributed by atoms with van der Waals surface area (Å²) in [5.41, 5.74) is 2.38. The maximum absolute atomic E-state index is 11.4. The van der Waals surface area contributed by atoms with Crippen molar-refractivity contribution in [1.29, 1.82) is 0 Å². The van der Waals surface area contributed by atoms with Crippen LogP contribution in [0, 0.1) is 0 Å². The summed E-state index contributed by atoms with van der Waals surface area (Å²) >= 11 is 0. The second-order valence-corrected chi connectivity index (χ2v) is 3.12. The molecule has 17 heavy (non-hydrogen) atoms. The number of carbonyl (C=O) groups is 1. The number of ether oxygens (including phenoxy) is 3. The van der Waals surface area contributed by atoms with Crippen molar-refractivity contribution in [3.63, 3.8) is 0 Å². The molecule has 3 N–H and O–H groups in total. The largest absolute Gasteiger partial charge is 0.493 e. The van der Waals surface area contributed by atoms with Crippen molar-refractivity contribution in [3.05, 3.63) is 17.7 Å². The average Bonchev–Trinajstić information content (AvgIpc) is 2.38. The van der Waals surface area contributed by atoms with E-state index in [0.717, 1.165) is 0 Å². The summed E-state index contributed by atoms with van der Waals surface area (Å²) in [6.45, 7) is 2.31. The van der Waals surface area contributed by atoms with Crippen LogP contribution in [0.5, 0.6) is 17.2 Å². The van der Waals surface area contributed by atoms with Gasteiger partial charge in [-0.05, 0) is 19.1 Å². The number of methoxy groups -OCH3 is 2. The van der Waals surface area contributed by atoms with Gasteiger partial charge in [0.2, 0.25) is 5.75 Å². The van der Waals surface area contributed by atoms with Gasteiger partial charge in [-0.25, -0.2) is 5.84 Å². The highest BCUT2D eigenvalue weighted by Crippen LogP contribution is 2.38. The number of amides is 1. The summed E-state index contributed by atoms with van der Waals surface area (Å²) in [5, 5.41) is 0. The number of nitrogens with one attached hydrogen (secondary N) is 1. The van der Waals surface area contributed by atoms with Crippen LogP contribution in [0.4, 0.5) is 0 Å². The van der Waals surface area contributed by atoms with Crippen molar-refractivity contribution in [2.45, 2.75) is 6.92 Å². The van der Waals surface area contributed by atoms with E-state index in [-0.39, 0.29) is 0 Å². The van der Waals surface area contributed by atoms with Gasteiger partial charge in [0, 0.05) is 5.56 Å². The molecule has 0 bridgehead atoms. The van der Waals surface area contributed by atoms with Gasteiger partial charge in [-0.2, -0.15) is 0 Å². The molecule has 6 heteroatoms. The Balaban J connectivity index is 3.28. The molecule has 0 saturated carbocycles. The lowest BCUT2D eigenvalue weighted by Crippen LogP contribution is -2.30. The molecule has 0 aromatic heterocycles. The second kappa shape index (κ2) is 5.95. The minimum Gasteiger partial charge on any atom is -0.493 e. The average molecular weight is 240 g/mol. The van der Waals surface area contributed by atoms with Crippen molar-refractivity contribution < 1.29 is 19.0 Å². The normalized spacial score (nSPS) is 9.65. The van der Waals surface area contributed by atoms with E-state index in [4.69, 9.17) is 20.1 Å². The molecular weight excluding hydrogens is 224 g/mol. The molecule has 0 spiro atoms. The van der Waals surface area contributed by atoms with E-state index in [1.165, 1.54) is 26.4 Å². The van der Waals surface area contributed by atoms with Crippen LogP contribution in [0.25, 0.3) is 0 Å². The van der Waals surface area contributed by atoms with Gasteiger partial charge in [-0.3, -0.25) is 10.2 Å². The van der Waals surface area contributed by atoms with Crippen molar-refractivity contribution in [2.24, 2.45) is 5.84 Å². The summed E-state index contributed by atoms with van der Waals surface area (Å²) in [5.74, 6) is 5.95. The molecule has 0 aliphatic rings. The predicted molar refractivity (Wildman–Crippen MR) is 62.4 cm³/mol. The zero-order valence-corrected chi connectivity index (χ0v) is 10.1. The summed E-state index contributed by atoms with van der Waals surface area (Å²) in [7, 11) is 2.98. The van der Waals surface area contributed by atoms with E-state index in [1.807, 2.05) is 12.3 Å². The summed E-state index contributed by atoms with van der Waals surface area (Å²) in [6, 6.07) is 3.07. The first-order valence-electron chi connectivity index (χ1n) is 5.07. The fraction of sp³-hybridized carbons (Fsp3) is 0.364. The molecule has 0 saturated heterocycles. The number of hydrazine groups is 1. The third kappa shape index (κ3) is 2.79. The second-order valence-electron chi connectivity index (χ2n) is 3.12. The molecule has 1 aromatic carbocycles. The van der Waals surface area contributed by atoms with Crippen LogP contribution in [0.2, 0.25) is 0 Å². The fourth-order valence-corrected chi connectivity index (χ4v) is 1.38. The molecule has 0 heterocycles. The Morgan fingerprint density at radius 2 is 1.82 bits per heavy atom. The van der Waals surface area contributed by atoms with E-state index in [0.29, 0.717) is 29.4 Å². The number of benzene rings is 1. The van der Waals surface area contributed by atoms with Crippen LogP contribution in [-0.4, -0.2) is 26.7 Å². The lowest BCUT2D eigenvalue weighted by molar-refractivity contribution is 0.0953. The van der Waals surface area contributed by atoms with Crippen LogP contribution >= 0.6 is 0 Å². The number of hydrogen-bond acceptors (Lipinski definition) is 5. The maximum atomic E-state index is 11.4. The molecule has 0 unspecified atom stereocenters. The Morgan fingerprint density at radius 1 is 1.29 bits per heavy atom. The van der Waals surface area contributed by atoms with E-state index in [9.17, 15) is 4.79 Å². The first-order chi connectivity index (χ1) is 8.17. The Bertz CT molecular complexity index is 381. The minimum absolute atomic E-state index is 0.338. The molecule has 0 atom stereocenters. The van der Waals surface area contributed by atoms with Crippen LogP contribution in [0.3, 0.4) is 0 Å². The third-order valence-electron chi connectivity index (χ3n) is 2.14. The lowest BCUT2D eigenvalue weighted by Gasteiger charge is -2.14. The first-order valence-corrected chi connectivity index (χ1v) is 5.07. The monoisotopic (exact) mass is 240 g/mol. The highest BCUT2D eigenvalue weighted by atomic mass is 16.5. The number of carbonyl (C=O) groups excluding carboxylic acids is 1. The van der Waals surface area contributed by atoms with E-state index < -0.39 is 5.91 Å². The number of rotatable bonds is 5. The van der Waals surface area contributed by atoms with Gasteiger partial charge in [0.1, 0.15) is 0 Å². The molecule has 0 radical (unpaired) electrons. The minimum atomic E-state index is -0.426. The van der Waals surface area contributed by atoms with Crippen LogP contribution in [0.1, 0.15) is 17.3 Å². The predicted octanol–water partition coefficient (Wildman–Crippen LogP) is 0.706. The van der Waals surface area contributed by atoms with E-state index >= 15 is 0 Å². The molecule has 0 fully saturated rings. The van der Waals surface area contributed by atoms with Gasteiger partial charge in [0.15, 0.2) is 11.5 Å². The number of nitrogens with two attached hydrogens (primary N) is 1. The quantitative estimate of drug-likeness (QED) is 0.450.